The SMILES string of the molecule is COC(=O)c1cccc([C@@H]2CCCN(C(=O)OC(C)(C)C)C2)c1F. The molecule has 1 amide bonds. The van der Waals surface area contributed by atoms with Gasteiger partial charge in [0.05, 0.1) is 12.7 Å². The Bertz CT molecular complexity index is 624. The van der Waals surface area contributed by atoms with Crippen LogP contribution in [0.4, 0.5) is 9.18 Å². The molecule has 6 heteroatoms. The van der Waals surface area contributed by atoms with Gasteiger partial charge in [-0.1, -0.05) is 12.1 Å². The number of hydrogen-bond acceptors (Lipinski definition) is 4. The number of esters is 1. The van der Waals surface area contributed by atoms with E-state index in [4.69, 9.17) is 4.74 Å². The largest absolute Gasteiger partial charge is 0.465 e. The summed E-state index contributed by atoms with van der Waals surface area (Å²) >= 11 is 0. The van der Waals surface area contributed by atoms with Crippen LogP contribution in [0.1, 0.15) is 55.5 Å². The molecular formula is C18H24FNO4. The zero-order valence-electron chi connectivity index (χ0n) is 14.6. The number of carbonyl (C=O) groups excluding carboxylic acids is 2. The second-order valence-corrected chi connectivity index (χ2v) is 6.97. The maximum absolute atomic E-state index is 14.7. The van der Waals surface area contributed by atoms with Gasteiger partial charge in [-0.15, -0.1) is 0 Å². The first-order chi connectivity index (χ1) is 11.2. The molecule has 1 aliphatic heterocycles. The van der Waals surface area contributed by atoms with Crippen molar-refractivity contribution in [3.8, 4) is 0 Å². The Hall–Kier alpha value is -2.11. The van der Waals surface area contributed by atoms with Crippen LogP contribution in [0.3, 0.4) is 0 Å². The van der Waals surface area contributed by atoms with Crippen LogP contribution in [0.25, 0.3) is 0 Å². The predicted octanol–water partition coefficient (Wildman–Crippen LogP) is 3.73. The fourth-order valence-electron chi connectivity index (χ4n) is 2.86. The minimum Gasteiger partial charge on any atom is -0.465 e. The van der Waals surface area contributed by atoms with E-state index in [1.807, 2.05) is 20.8 Å². The Morgan fingerprint density at radius 3 is 2.62 bits per heavy atom. The molecule has 132 valence electrons. The summed E-state index contributed by atoms with van der Waals surface area (Å²) in [5.74, 6) is -1.44. The van der Waals surface area contributed by atoms with Gasteiger partial charge in [-0.25, -0.2) is 14.0 Å². The van der Waals surface area contributed by atoms with Crippen molar-refractivity contribution in [1.29, 1.82) is 0 Å². The molecule has 1 aromatic carbocycles. The quantitative estimate of drug-likeness (QED) is 0.772. The fraction of sp³-hybridized carbons (Fsp3) is 0.556. The molecule has 0 spiro atoms. The van der Waals surface area contributed by atoms with Gasteiger partial charge in [0.15, 0.2) is 0 Å². The lowest BCUT2D eigenvalue weighted by atomic mass is 9.89. The maximum Gasteiger partial charge on any atom is 0.410 e. The van der Waals surface area contributed by atoms with Crippen molar-refractivity contribution < 1.29 is 23.5 Å². The van der Waals surface area contributed by atoms with Gasteiger partial charge >= 0.3 is 12.1 Å². The van der Waals surface area contributed by atoms with E-state index in [9.17, 15) is 14.0 Å². The van der Waals surface area contributed by atoms with Gasteiger partial charge in [-0.3, -0.25) is 0 Å². The minimum absolute atomic E-state index is 0.0793. The number of ether oxygens (including phenoxy) is 2. The Kier molecular flexibility index (Phi) is 5.47. The fourth-order valence-corrected chi connectivity index (χ4v) is 2.86. The van der Waals surface area contributed by atoms with Gasteiger partial charge in [0.25, 0.3) is 0 Å². The van der Waals surface area contributed by atoms with Crippen LogP contribution in [0, 0.1) is 5.82 Å². The normalized spacial score (nSPS) is 18.2. The van der Waals surface area contributed by atoms with Gasteiger partial charge < -0.3 is 14.4 Å². The van der Waals surface area contributed by atoms with Gasteiger partial charge in [0.2, 0.25) is 0 Å². The monoisotopic (exact) mass is 337 g/mol. The van der Waals surface area contributed by atoms with Crippen LogP contribution in [0.15, 0.2) is 18.2 Å². The van der Waals surface area contributed by atoms with Crippen LogP contribution in [0.5, 0.6) is 0 Å². The minimum atomic E-state index is -0.700. The molecule has 0 bridgehead atoms. The highest BCUT2D eigenvalue weighted by Crippen LogP contribution is 2.30. The second kappa shape index (κ2) is 7.20. The number of benzene rings is 1. The Morgan fingerprint density at radius 1 is 1.29 bits per heavy atom. The Labute approximate surface area is 141 Å². The summed E-state index contributed by atoms with van der Waals surface area (Å²) in [6, 6.07) is 4.70. The predicted molar refractivity (Wildman–Crippen MR) is 87.5 cm³/mol. The van der Waals surface area contributed by atoms with Crippen molar-refractivity contribution >= 4 is 12.1 Å². The van der Waals surface area contributed by atoms with E-state index in [-0.39, 0.29) is 11.5 Å². The number of hydrogen-bond donors (Lipinski definition) is 0. The third-order valence-electron chi connectivity index (χ3n) is 3.95. The molecule has 0 aliphatic carbocycles. The summed E-state index contributed by atoms with van der Waals surface area (Å²) in [6.07, 6.45) is 1.11. The van der Waals surface area contributed by atoms with E-state index in [1.165, 1.54) is 13.2 Å². The summed E-state index contributed by atoms with van der Waals surface area (Å²) in [4.78, 5) is 25.5. The zero-order valence-corrected chi connectivity index (χ0v) is 14.6. The molecule has 0 N–H and O–H groups in total. The highest BCUT2D eigenvalue weighted by Gasteiger charge is 2.30. The molecule has 1 atom stereocenters. The Morgan fingerprint density at radius 2 is 2.00 bits per heavy atom. The maximum atomic E-state index is 14.7. The van der Waals surface area contributed by atoms with E-state index in [0.29, 0.717) is 18.7 Å². The standard InChI is InChI=1S/C18H24FNO4/c1-18(2,3)24-17(22)20-10-6-7-12(11-20)13-8-5-9-14(15(13)19)16(21)23-4/h5,8-9,12H,6-7,10-11H2,1-4H3/t12-/m1/s1. The third kappa shape index (κ3) is 4.24. The smallest absolute Gasteiger partial charge is 0.410 e. The lowest BCUT2D eigenvalue weighted by Gasteiger charge is -2.34. The van der Waals surface area contributed by atoms with E-state index in [0.717, 1.165) is 12.8 Å². The molecule has 1 heterocycles. The lowest BCUT2D eigenvalue weighted by Crippen LogP contribution is -2.42. The first-order valence-electron chi connectivity index (χ1n) is 8.07. The molecular weight excluding hydrogens is 313 g/mol. The highest BCUT2D eigenvalue weighted by atomic mass is 19.1. The Balaban J connectivity index is 2.18. The number of rotatable bonds is 2. The van der Waals surface area contributed by atoms with Crippen molar-refractivity contribution in [3.63, 3.8) is 0 Å². The molecule has 5 nitrogen and oxygen atoms in total. The van der Waals surface area contributed by atoms with Crippen LogP contribution in [0.2, 0.25) is 0 Å². The van der Waals surface area contributed by atoms with E-state index < -0.39 is 23.5 Å². The topological polar surface area (TPSA) is 55.8 Å². The zero-order chi connectivity index (χ0) is 17.9. The van der Waals surface area contributed by atoms with Crippen molar-refractivity contribution in [2.75, 3.05) is 20.2 Å². The van der Waals surface area contributed by atoms with Crippen molar-refractivity contribution in [2.24, 2.45) is 0 Å². The number of methoxy groups -OCH3 is 1. The van der Waals surface area contributed by atoms with Crippen molar-refractivity contribution in [1.82, 2.24) is 4.90 Å². The van der Waals surface area contributed by atoms with Crippen molar-refractivity contribution in [3.05, 3.63) is 35.1 Å². The number of carbonyl (C=O) groups is 2. The van der Waals surface area contributed by atoms with Crippen LogP contribution < -0.4 is 0 Å². The third-order valence-corrected chi connectivity index (χ3v) is 3.95. The van der Waals surface area contributed by atoms with E-state index >= 15 is 0 Å². The van der Waals surface area contributed by atoms with Gasteiger partial charge in [0.1, 0.15) is 11.4 Å². The number of halogens is 1. The second-order valence-electron chi connectivity index (χ2n) is 6.97. The molecule has 1 aliphatic rings. The number of likely N-dealkylation sites (tertiary alicyclic amines) is 1. The number of piperidine rings is 1. The molecule has 1 fully saturated rings. The molecule has 0 saturated carbocycles. The summed E-state index contributed by atoms with van der Waals surface area (Å²) in [6.45, 7) is 6.39. The first-order valence-corrected chi connectivity index (χ1v) is 8.07. The van der Waals surface area contributed by atoms with E-state index in [2.05, 4.69) is 4.74 Å². The summed E-state index contributed by atoms with van der Waals surface area (Å²) in [7, 11) is 1.22. The highest BCUT2D eigenvalue weighted by molar-refractivity contribution is 5.89. The molecule has 0 aromatic heterocycles. The molecule has 1 saturated heterocycles. The van der Waals surface area contributed by atoms with Crippen LogP contribution in [-0.2, 0) is 9.47 Å². The summed E-state index contributed by atoms with van der Waals surface area (Å²) in [5.41, 5.74) is -0.212. The van der Waals surface area contributed by atoms with Crippen LogP contribution in [-0.4, -0.2) is 42.8 Å². The molecule has 2 rings (SSSR count). The van der Waals surface area contributed by atoms with Gasteiger partial charge in [-0.05, 0) is 45.2 Å². The number of nitrogens with zero attached hydrogens (tertiary/aromatic N) is 1. The average Bonchev–Trinajstić information content (AvgIpc) is 2.53. The lowest BCUT2D eigenvalue weighted by molar-refractivity contribution is 0.0196. The molecule has 0 unspecified atom stereocenters. The molecule has 24 heavy (non-hydrogen) atoms. The summed E-state index contributed by atoms with van der Waals surface area (Å²) in [5, 5.41) is 0. The number of amides is 1. The van der Waals surface area contributed by atoms with Crippen molar-refractivity contribution in [2.45, 2.75) is 45.1 Å². The summed E-state index contributed by atoms with van der Waals surface area (Å²) < 4.78 is 24.7. The van der Waals surface area contributed by atoms with E-state index in [1.54, 1.807) is 17.0 Å². The molecule has 1 aromatic rings. The van der Waals surface area contributed by atoms with Crippen LogP contribution >= 0.6 is 0 Å². The molecule has 0 radical (unpaired) electrons. The first kappa shape index (κ1) is 18.2. The van der Waals surface area contributed by atoms with Gasteiger partial charge in [-0.2, -0.15) is 0 Å². The average molecular weight is 337 g/mol. The van der Waals surface area contributed by atoms with Gasteiger partial charge in [0, 0.05) is 19.0 Å².